The van der Waals surface area contributed by atoms with E-state index in [0.717, 1.165) is 17.8 Å². The zero-order valence-electron chi connectivity index (χ0n) is 12.5. The number of hydrogen-bond donors (Lipinski definition) is 1. The van der Waals surface area contributed by atoms with Crippen LogP contribution in [0.1, 0.15) is 78.1 Å². The topological polar surface area (TPSA) is 12.0 Å². The Hall–Kier alpha value is 0.310. The summed E-state index contributed by atoms with van der Waals surface area (Å²) in [7, 11) is 0. The lowest BCUT2D eigenvalue weighted by atomic mass is 10.0. The maximum atomic E-state index is 3.68. The van der Waals surface area contributed by atoms with Gasteiger partial charge in [0.05, 0.1) is 0 Å². The molecule has 0 aromatic rings. The monoisotopic (exact) mass is 271 g/mol. The quantitative estimate of drug-likeness (QED) is 0.561. The maximum absolute atomic E-state index is 3.68. The van der Waals surface area contributed by atoms with E-state index in [2.05, 4.69) is 30.9 Å². The van der Waals surface area contributed by atoms with Crippen LogP contribution in [-0.2, 0) is 0 Å². The summed E-state index contributed by atoms with van der Waals surface area (Å²) in [6.45, 7) is 5.66. The minimum absolute atomic E-state index is 0.763. The fourth-order valence-corrected chi connectivity index (χ4v) is 4.29. The number of thioether (sulfide) groups is 1. The number of hydrogen-bond acceptors (Lipinski definition) is 2. The van der Waals surface area contributed by atoms with Crippen LogP contribution >= 0.6 is 11.8 Å². The Labute approximate surface area is 119 Å². The molecule has 0 aromatic carbocycles. The third-order valence-corrected chi connectivity index (χ3v) is 5.52. The van der Waals surface area contributed by atoms with E-state index in [1.165, 1.54) is 70.0 Å². The molecule has 1 atom stereocenters. The van der Waals surface area contributed by atoms with Gasteiger partial charge in [0.2, 0.25) is 0 Å². The number of rotatable bonds is 10. The molecule has 1 nitrogen and oxygen atoms in total. The van der Waals surface area contributed by atoms with Crippen molar-refractivity contribution in [2.24, 2.45) is 0 Å². The van der Waals surface area contributed by atoms with Gasteiger partial charge < -0.3 is 5.32 Å². The summed E-state index contributed by atoms with van der Waals surface area (Å²) in [5.74, 6) is 1.34. The zero-order chi connectivity index (χ0) is 13.1. The smallest absolute Gasteiger partial charge is 0.0158 e. The van der Waals surface area contributed by atoms with Crippen LogP contribution in [0, 0.1) is 0 Å². The summed E-state index contributed by atoms with van der Waals surface area (Å²) < 4.78 is 0. The van der Waals surface area contributed by atoms with Gasteiger partial charge in [0.25, 0.3) is 0 Å². The molecule has 1 rings (SSSR count). The molecule has 1 saturated carbocycles. The first kappa shape index (κ1) is 16.4. The van der Waals surface area contributed by atoms with E-state index in [1.54, 1.807) is 0 Å². The van der Waals surface area contributed by atoms with Crippen molar-refractivity contribution in [3.05, 3.63) is 0 Å². The number of unbranched alkanes of at least 4 members (excludes halogenated alkanes) is 3. The first-order valence-corrected chi connectivity index (χ1v) is 9.26. The van der Waals surface area contributed by atoms with E-state index in [1.807, 2.05) is 0 Å². The van der Waals surface area contributed by atoms with Gasteiger partial charge in [-0.25, -0.2) is 0 Å². The normalized spacial score (nSPS) is 19.0. The molecular weight excluding hydrogens is 238 g/mol. The van der Waals surface area contributed by atoms with Gasteiger partial charge in [-0.2, -0.15) is 11.8 Å². The Kier molecular flexibility index (Phi) is 10.1. The molecule has 0 bridgehead atoms. The van der Waals surface area contributed by atoms with Crippen LogP contribution in [0.25, 0.3) is 0 Å². The van der Waals surface area contributed by atoms with Crippen LogP contribution in [0.2, 0.25) is 0 Å². The molecule has 1 aliphatic carbocycles. The zero-order valence-corrected chi connectivity index (χ0v) is 13.4. The summed E-state index contributed by atoms with van der Waals surface area (Å²) in [5, 5.41) is 4.65. The lowest BCUT2D eigenvalue weighted by Crippen LogP contribution is -2.32. The molecule has 2 heteroatoms. The average molecular weight is 272 g/mol. The van der Waals surface area contributed by atoms with E-state index >= 15 is 0 Å². The summed E-state index contributed by atoms with van der Waals surface area (Å²) >= 11 is 2.25. The van der Waals surface area contributed by atoms with Crippen LogP contribution in [0.15, 0.2) is 0 Å². The van der Waals surface area contributed by atoms with E-state index in [4.69, 9.17) is 0 Å². The second-order valence-corrected chi connectivity index (χ2v) is 7.03. The van der Waals surface area contributed by atoms with Crippen molar-refractivity contribution in [1.82, 2.24) is 5.32 Å². The molecule has 1 unspecified atom stereocenters. The Bertz CT molecular complexity index is 178. The second-order valence-electron chi connectivity index (χ2n) is 5.70. The Morgan fingerprint density at radius 1 is 1.06 bits per heavy atom. The highest BCUT2D eigenvalue weighted by atomic mass is 32.2. The van der Waals surface area contributed by atoms with Crippen molar-refractivity contribution in [2.45, 2.75) is 89.3 Å². The molecule has 108 valence electrons. The minimum atomic E-state index is 0.763. The van der Waals surface area contributed by atoms with Crippen molar-refractivity contribution < 1.29 is 0 Å². The molecular formula is C16H33NS. The maximum Gasteiger partial charge on any atom is 0.0158 e. The fourth-order valence-electron chi connectivity index (χ4n) is 2.83. The van der Waals surface area contributed by atoms with Gasteiger partial charge in [-0.05, 0) is 25.8 Å². The molecule has 0 saturated heterocycles. The highest BCUT2D eigenvalue weighted by Crippen LogP contribution is 2.29. The van der Waals surface area contributed by atoms with Crippen LogP contribution in [0.4, 0.5) is 0 Å². The van der Waals surface area contributed by atoms with Gasteiger partial charge in [-0.3, -0.25) is 0 Å². The van der Waals surface area contributed by atoms with E-state index in [0.29, 0.717) is 0 Å². The SMILES string of the molecule is CCCCCCC(CSC1CCCCC1)NCC. The first-order valence-electron chi connectivity index (χ1n) is 8.21. The van der Waals surface area contributed by atoms with Gasteiger partial charge in [-0.1, -0.05) is 58.8 Å². The third kappa shape index (κ3) is 7.68. The molecule has 0 heterocycles. The van der Waals surface area contributed by atoms with E-state index in [-0.39, 0.29) is 0 Å². The molecule has 0 spiro atoms. The molecule has 0 aliphatic heterocycles. The van der Waals surface area contributed by atoms with Crippen molar-refractivity contribution >= 4 is 11.8 Å². The predicted octanol–water partition coefficient (Wildman–Crippen LogP) is 5.00. The molecule has 1 fully saturated rings. The molecule has 1 aliphatic rings. The van der Waals surface area contributed by atoms with Crippen LogP contribution in [0.3, 0.4) is 0 Å². The largest absolute Gasteiger partial charge is 0.313 e. The number of nitrogens with one attached hydrogen (secondary N) is 1. The Morgan fingerprint density at radius 2 is 1.83 bits per heavy atom. The van der Waals surface area contributed by atoms with Crippen LogP contribution < -0.4 is 5.32 Å². The molecule has 1 N–H and O–H groups in total. The van der Waals surface area contributed by atoms with E-state index in [9.17, 15) is 0 Å². The van der Waals surface area contributed by atoms with E-state index < -0.39 is 0 Å². The van der Waals surface area contributed by atoms with Crippen molar-refractivity contribution in [1.29, 1.82) is 0 Å². The summed E-state index contributed by atoms with van der Waals surface area (Å²) in [5.41, 5.74) is 0. The van der Waals surface area contributed by atoms with Gasteiger partial charge in [0, 0.05) is 17.0 Å². The lowest BCUT2D eigenvalue weighted by Gasteiger charge is -2.24. The van der Waals surface area contributed by atoms with Crippen molar-refractivity contribution in [2.75, 3.05) is 12.3 Å². The first-order chi connectivity index (χ1) is 8.86. The van der Waals surface area contributed by atoms with Gasteiger partial charge in [0.1, 0.15) is 0 Å². The average Bonchev–Trinajstić information content (AvgIpc) is 2.42. The molecule has 0 radical (unpaired) electrons. The molecule has 0 amide bonds. The van der Waals surface area contributed by atoms with Gasteiger partial charge >= 0.3 is 0 Å². The third-order valence-electron chi connectivity index (χ3n) is 3.98. The predicted molar refractivity (Wildman–Crippen MR) is 85.6 cm³/mol. The standard InChI is InChI=1S/C16H33NS/c1-3-5-6-8-11-15(17-4-2)14-18-16-12-9-7-10-13-16/h15-17H,3-14H2,1-2H3. The highest BCUT2D eigenvalue weighted by Gasteiger charge is 2.16. The molecule has 0 aromatic heterocycles. The van der Waals surface area contributed by atoms with Gasteiger partial charge in [-0.15, -0.1) is 0 Å². The fraction of sp³-hybridized carbons (Fsp3) is 1.00. The van der Waals surface area contributed by atoms with Crippen LogP contribution in [-0.4, -0.2) is 23.6 Å². The van der Waals surface area contributed by atoms with Crippen molar-refractivity contribution in [3.8, 4) is 0 Å². The highest BCUT2D eigenvalue weighted by molar-refractivity contribution is 7.99. The Balaban J connectivity index is 2.11. The molecule has 18 heavy (non-hydrogen) atoms. The summed E-state index contributed by atoms with van der Waals surface area (Å²) in [4.78, 5) is 0. The van der Waals surface area contributed by atoms with Gasteiger partial charge in [0.15, 0.2) is 0 Å². The second kappa shape index (κ2) is 11.2. The van der Waals surface area contributed by atoms with Crippen molar-refractivity contribution in [3.63, 3.8) is 0 Å². The minimum Gasteiger partial charge on any atom is -0.313 e. The lowest BCUT2D eigenvalue weighted by molar-refractivity contribution is 0.493. The summed E-state index contributed by atoms with van der Waals surface area (Å²) in [6.07, 6.45) is 14.3. The van der Waals surface area contributed by atoms with Crippen LogP contribution in [0.5, 0.6) is 0 Å². The summed E-state index contributed by atoms with van der Waals surface area (Å²) in [6, 6.07) is 0.763. The Morgan fingerprint density at radius 3 is 2.50 bits per heavy atom.